The third kappa shape index (κ3) is 6.71. The largest absolute Gasteiger partial charge is 0.339 e. The van der Waals surface area contributed by atoms with Gasteiger partial charge in [-0.15, -0.1) is 0 Å². The van der Waals surface area contributed by atoms with Gasteiger partial charge < -0.3 is 5.32 Å². The van der Waals surface area contributed by atoms with Gasteiger partial charge in [-0.05, 0) is 93.4 Å². The van der Waals surface area contributed by atoms with Crippen LogP contribution in [0, 0.1) is 6.92 Å². The molecule has 3 aromatic heterocycles. The van der Waals surface area contributed by atoms with Gasteiger partial charge in [0, 0.05) is 40.3 Å². The molecule has 0 aliphatic heterocycles. The Hall–Kier alpha value is -6.39. The van der Waals surface area contributed by atoms with E-state index in [0.29, 0.717) is 0 Å². The van der Waals surface area contributed by atoms with E-state index >= 15 is 0 Å². The summed E-state index contributed by atoms with van der Waals surface area (Å²) in [5, 5.41) is 6.22. The van der Waals surface area contributed by atoms with Crippen molar-refractivity contribution in [2.75, 3.05) is 5.32 Å². The number of hydrogen-bond donors (Lipinski definition) is 1. The van der Waals surface area contributed by atoms with Crippen LogP contribution >= 0.6 is 0 Å². The lowest BCUT2D eigenvalue weighted by Crippen LogP contribution is -2.11. The average molecular weight is 673 g/mol. The molecule has 5 aromatic carbocycles. The van der Waals surface area contributed by atoms with Gasteiger partial charge in [-0.1, -0.05) is 130 Å². The molecule has 3 heterocycles. The maximum absolute atomic E-state index is 5.16. The monoisotopic (exact) mass is 672 g/mol. The van der Waals surface area contributed by atoms with Gasteiger partial charge in [0.2, 0.25) is 0 Å². The number of aromatic nitrogens is 3. The van der Waals surface area contributed by atoms with Gasteiger partial charge in [-0.25, -0.2) is 9.97 Å². The fourth-order valence-electron chi connectivity index (χ4n) is 6.81. The van der Waals surface area contributed by atoms with Gasteiger partial charge in [0.1, 0.15) is 5.82 Å². The molecule has 4 nitrogen and oxygen atoms in total. The van der Waals surface area contributed by atoms with Crippen LogP contribution in [0.15, 0.2) is 164 Å². The number of nitrogens with zero attached hydrogens (tertiary/aromatic N) is 3. The zero-order valence-corrected chi connectivity index (χ0v) is 29.9. The summed E-state index contributed by atoms with van der Waals surface area (Å²) in [5.41, 5.74) is 13.4. The van der Waals surface area contributed by atoms with Crippen LogP contribution in [0.3, 0.4) is 0 Å². The summed E-state index contributed by atoms with van der Waals surface area (Å²) >= 11 is 0. The summed E-state index contributed by atoms with van der Waals surface area (Å²) in [5.74, 6) is 0.725. The van der Waals surface area contributed by atoms with Crippen LogP contribution in [-0.2, 0) is 5.41 Å². The minimum atomic E-state index is -0.0554. The Bertz CT molecular complexity index is 2530. The quantitative estimate of drug-likeness (QED) is 0.183. The lowest BCUT2D eigenvalue weighted by atomic mass is 9.85. The fraction of sp³-hybridized carbons (Fsp3) is 0.104. The normalized spacial score (nSPS) is 11.5. The molecule has 0 radical (unpaired) electrons. The van der Waals surface area contributed by atoms with Gasteiger partial charge in [-0.2, -0.15) is 0 Å². The van der Waals surface area contributed by atoms with Crippen LogP contribution in [0.1, 0.15) is 31.9 Å². The lowest BCUT2D eigenvalue weighted by molar-refractivity contribution is 0.590. The maximum Gasteiger partial charge on any atom is 0.139 e. The Morgan fingerprint density at radius 1 is 0.500 bits per heavy atom. The number of pyridine rings is 3. The minimum absolute atomic E-state index is 0.0554. The molecule has 4 heteroatoms. The molecule has 8 rings (SSSR count). The zero-order chi connectivity index (χ0) is 35.7. The molecule has 0 fully saturated rings. The van der Waals surface area contributed by atoms with Crippen molar-refractivity contribution in [3.05, 3.63) is 175 Å². The van der Waals surface area contributed by atoms with Crippen molar-refractivity contribution in [1.29, 1.82) is 0 Å². The van der Waals surface area contributed by atoms with E-state index in [-0.39, 0.29) is 5.41 Å². The third-order valence-electron chi connectivity index (χ3n) is 9.58. The van der Waals surface area contributed by atoms with E-state index in [0.717, 1.165) is 62.0 Å². The molecule has 0 bridgehead atoms. The van der Waals surface area contributed by atoms with E-state index in [1.165, 1.54) is 27.5 Å². The Morgan fingerprint density at radius 3 is 2.02 bits per heavy atom. The average Bonchev–Trinajstić information content (AvgIpc) is 3.18. The number of aryl methyl sites for hydroxylation is 1. The maximum atomic E-state index is 5.16. The fourth-order valence-corrected chi connectivity index (χ4v) is 6.81. The molecule has 0 atom stereocenters. The first-order valence-electron chi connectivity index (χ1n) is 17.8. The Kier molecular flexibility index (Phi) is 8.66. The van der Waals surface area contributed by atoms with E-state index in [1.807, 2.05) is 36.7 Å². The summed E-state index contributed by atoms with van der Waals surface area (Å²) in [6.45, 7) is 8.89. The summed E-state index contributed by atoms with van der Waals surface area (Å²) in [7, 11) is 0. The van der Waals surface area contributed by atoms with Gasteiger partial charge in [0.05, 0.1) is 17.1 Å². The first kappa shape index (κ1) is 32.8. The zero-order valence-electron chi connectivity index (χ0n) is 29.9. The SMILES string of the molecule is Cc1cc(-c2ccnc(-c3cc(C(C)(C)C)ccc3Nc3ncc(-c4ccccc4)cc3-c3cccc(-c4ccccc4)n3)c2)c2ccccc2c1. The molecule has 0 amide bonds. The molecule has 8 aromatic rings. The molecule has 0 spiro atoms. The highest BCUT2D eigenvalue weighted by Crippen LogP contribution is 2.39. The molecule has 1 N–H and O–H groups in total. The number of nitrogens with one attached hydrogen (secondary N) is 1. The molecular weight excluding hydrogens is 633 g/mol. The van der Waals surface area contributed by atoms with Gasteiger partial charge in [-0.3, -0.25) is 4.98 Å². The molecule has 0 aliphatic carbocycles. The Labute approximate surface area is 305 Å². The molecular formula is C48H40N4. The second kappa shape index (κ2) is 13.7. The van der Waals surface area contributed by atoms with E-state index in [4.69, 9.17) is 15.0 Å². The minimum Gasteiger partial charge on any atom is -0.339 e. The van der Waals surface area contributed by atoms with Crippen molar-refractivity contribution in [3.63, 3.8) is 0 Å². The highest BCUT2D eigenvalue weighted by atomic mass is 15.0. The van der Waals surface area contributed by atoms with Crippen molar-refractivity contribution in [1.82, 2.24) is 15.0 Å². The van der Waals surface area contributed by atoms with Gasteiger partial charge in [0.15, 0.2) is 0 Å². The first-order valence-corrected chi connectivity index (χ1v) is 17.8. The lowest BCUT2D eigenvalue weighted by Gasteiger charge is -2.22. The van der Waals surface area contributed by atoms with E-state index in [2.05, 4.69) is 160 Å². The molecule has 0 unspecified atom stereocenters. The summed E-state index contributed by atoms with van der Waals surface area (Å²) in [4.78, 5) is 15.2. The summed E-state index contributed by atoms with van der Waals surface area (Å²) in [6.07, 6.45) is 3.86. The van der Waals surface area contributed by atoms with Crippen LogP contribution in [0.5, 0.6) is 0 Å². The van der Waals surface area contributed by atoms with Crippen LogP contribution in [0.25, 0.3) is 66.8 Å². The van der Waals surface area contributed by atoms with Crippen molar-refractivity contribution in [2.24, 2.45) is 0 Å². The molecule has 52 heavy (non-hydrogen) atoms. The number of hydrogen-bond acceptors (Lipinski definition) is 4. The summed E-state index contributed by atoms with van der Waals surface area (Å²) < 4.78 is 0. The van der Waals surface area contributed by atoms with Crippen molar-refractivity contribution in [2.45, 2.75) is 33.1 Å². The Morgan fingerprint density at radius 2 is 1.23 bits per heavy atom. The predicted molar refractivity (Wildman–Crippen MR) is 218 cm³/mol. The smallest absolute Gasteiger partial charge is 0.139 e. The van der Waals surface area contributed by atoms with Crippen molar-refractivity contribution >= 4 is 22.3 Å². The number of fused-ring (bicyclic) bond motifs is 1. The van der Waals surface area contributed by atoms with Crippen LogP contribution in [0.4, 0.5) is 11.5 Å². The van der Waals surface area contributed by atoms with Crippen molar-refractivity contribution in [3.8, 4) is 56.0 Å². The van der Waals surface area contributed by atoms with Crippen LogP contribution < -0.4 is 5.32 Å². The number of anilines is 2. The molecule has 0 saturated heterocycles. The topological polar surface area (TPSA) is 50.7 Å². The highest BCUT2D eigenvalue weighted by molar-refractivity contribution is 5.98. The van der Waals surface area contributed by atoms with Crippen molar-refractivity contribution < 1.29 is 0 Å². The van der Waals surface area contributed by atoms with Gasteiger partial charge >= 0.3 is 0 Å². The van der Waals surface area contributed by atoms with Gasteiger partial charge in [0.25, 0.3) is 0 Å². The highest BCUT2D eigenvalue weighted by Gasteiger charge is 2.20. The number of rotatable bonds is 7. The first-order chi connectivity index (χ1) is 25.3. The van der Waals surface area contributed by atoms with E-state index in [9.17, 15) is 0 Å². The standard InChI is InChI=1S/C48H40N4/c1-32-26-35-18-11-12-19-39(35)40(27-32)36-24-25-49-46(29-36)41-30-38(48(2,3)4)22-23-45(41)52-47-42(28-37(31-50-47)33-14-7-5-8-15-33)44-21-13-20-43(51-44)34-16-9-6-10-17-34/h5-31H,1-4H3,(H,50,52). The van der Waals surface area contributed by atoms with Crippen LogP contribution in [0.2, 0.25) is 0 Å². The van der Waals surface area contributed by atoms with E-state index < -0.39 is 0 Å². The Balaban J connectivity index is 1.27. The molecule has 252 valence electrons. The number of benzene rings is 5. The van der Waals surface area contributed by atoms with Crippen LogP contribution in [-0.4, -0.2) is 15.0 Å². The molecule has 0 saturated carbocycles. The second-order valence-corrected chi connectivity index (χ2v) is 14.4. The molecule has 0 aliphatic rings. The second-order valence-electron chi connectivity index (χ2n) is 14.4. The third-order valence-corrected chi connectivity index (χ3v) is 9.58. The predicted octanol–water partition coefficient (Wildman–Crippen LogP) is 12.7. The summed E-state index contributed by atoms with van der Waals surface area (Å²) in [6, 6.07) is 53.1. The van der Waals surface area contributed by atoms with E-state index in [1.54, 1.807) is 0 Å².